The summed E-state index contributed by atoms with van der Waals surface area (Å²) in [5.74, 6) is -2.67. The lowest BCUT2D eigenvalue weighted by atomic mass is 10.1. The fourth-order valence-corrected chi connectivity index (χ4v) is 3.55. The molecule has 0 bridgehead atoms. The molecule has 2 aromatic carbocycles. The molecule has 2 aromatic rings. The van der Waals surface area contributed by atoms with Crippen LogP contribution in [0.15, 0.2) is 47.4 Å². The third-order valence-corrected chi connectivity index (χ3v) is 5.87. The Bertz CT molecular complexity index is 921. The second-order valence-corrected chi connectivity index (χ2v) is 8.16. The number of carbonyl (C=O) groups excluding carboxylic acids is 1. The molecule has 0 aliphatic carbocycles. The van der Waals surface area contributed by atoms with Crippen LogP contribution in [-0.4, -0.2) is 32.8 Å². The van der Waals surface area contributed by atoms with Gasteiger partial charge in [0.25, 0.3) is 0 Å². The van der Waals surface area contributed by atoms with Crippen molar-refractivity contribution in [1.82, 2.24) is 9.62 Å². The zero-order valence-electron chi connectivity index (χ0n) is 14.7. The van der Waals surface area contributed by atoms with Gasteiger partial charge in [-0.15, -0.1) is 0 Å². The number of nitrogens with one attached hydrogen (secondary N) is 1. The van der Waals surface area contributed by atoms with Gasteiger partial charge in [-0.1, -0.05) is 23.7 Å². The molecule has 0 aliphatic rings. The lowest BCUT2D eigenvalue weighted by molar-refractivity contribution is -0.131. The van der Waals surface area contributed by atoms with Crippen molar-refractivity contribution < 1.29 is 22.0 Å². The second kappa shape index (κ2) is 8.77. The third-order valence-electron chi connectivity index (χ3n) is 4.16. The van der Waals surface area contributed by atoms with Crippen LogP contribution in [0.2, 0.25) is 5.02 Å². The quantitative estimate of drug-likeness (QED) is 0.751. The Morgan fingerprint density at radius 2 is 1.78 bits per heavy atom. The first-order valence-corrected chi connectivity index (χ1v) is 9.94. The van der Waals surface area contributed by atoms with Gasteiger partial charge in [-0.3, -0.25) is 4.79 Å². The van der Waals surface area contributed by atoms with E-state index >= 15 is 0 Å². The van der Waals surface area contributed by atoms with Crippen LogP contribution < -0.4 is 4.72 Å². The molecule has 0 spiro atoms. The number of sulfonamides is 1. The number of hydrogen-bond acceptors (Lipinski definition) is 3. The van der Waals surface area contributed by atoms with Crippen molar-refractivity contribution in [2.75, 3.05) is 13.6 Å². The number of halogens is 3. The number of carbonyl (C=O) groups is 1. The summed E-state index contributed by atoms with van der Waals surface area (Å²) in [4.78, 5) is 13.4. The molecular formula is C18H19ClF2N2O3S. The van der Waals surface area contributed by atoms with Gasteiger partial charge in [-0.25, -0.2) is 21.9 Å². The van der Waals surface area contributed by atoms with Gasteiger partial charge in [-0.05, 0) is 42.8 Å². The normalized spacial score (nSPS) is 12.6. The number of benzene rings is 2. The summed E-state index contributed by atoms with van der Waals surface area (Å²) in [6.45, 7) is 1.67. The molecule has 1 amide bonds. The number of rotatable bonds is 7. The topological polar surface area (TPSA) is 66.5 Å². The summed E-state index contributed by atoms with van der Waals surface area (Å²) >= 11 is 5.85. The highest BCUT2D eigenvalue weighted by atomic mass is 35.5. The molecule has 1 atom stereocenters. The van der Waals surface area contributed by atoms with Crippen molar-refractivity contribution in [3.05, 3.63) is 64.7 Å². The van der Waals surface area contributed by atoms with Gasteiger partial charge in [-0.2, -0.15) is 0 Å². The minimum absolute atomic E-state index is 0.0860. The van der Waals surface area contributed by atoms with Crippen LogP contribution in [-0.2, 0) is 14.8 Å². The fraction of sp³-hybridized carbons (Fsp3) is 0.278. The molecule has 0 fully saturated rings. The van der Waals surface area contributed by atoms with E-state index in [9.17, 15) is 22.0 Å². The van der Waals surface area contributed by atoms with Gasteiger partial charge in [0.05, 0.1) is 10.9 Å². The second-order valence-electron chi connectivity index (χ2n) is 5.96. The summed E-state index contributed by atoms with van der Waals surface area (Å²) in [5, 5.41) is 0.589. The molecule has 0 aromatic heterocycles. The molecular weight excluding hydrogens is 398 g/mol. The Kier molecular flexibility index (Phi) is 6.91. The molecule has 27 heavy (non-hydrogen) atoms. The lowest BCUT2D eigenvalue weighted by Crippen LogP contribution is -2.33. The maximum Gasteiger partial charge on any atom is 0.240 e. The number of nitrogens with zero attached hydrogens (tertiary/aromatic N) is 1. The smallest absolute Gasteiger partial charge is 0.240 e. The van der Waals surface area contributed by atoms with Crippen molar-refractivity contribution in [2.45, 2.75) is 24.3 Å². The van der Waals surface area contributed by atoms with E-state index in [-0.39, 0.29) is 24.9 Å². The van der Waals surface area contributed by atoms with Crippen molar-refractivity contribution in [3.63, 3.8) is 0 Å². The summed E-state index contributed by atoms with van der Waals surface area (Å²) in [6.07, 6.45) is -0.0860. The summed E-state index contributed by atoms with van der Waals surface area (Å²) in [5.41, 5.74) is 0.887. The first kappa shape index (κ1) is 21.3. The van der Waals surface area contributed by atoms with E-state index < -0.39 is 26.6 Å². The number of amides is 1. The van der Waals surface area contributed by atoms with E-state index in [0.717, 1.165) is 17.7 Å². The van der Waals surface area contributed by atoms with E-state index in [4.69, 9.17) is 11.6 Å². The Morgan fingerprint density at radius 1 is 1.15 bits per heavy atom. The summed E-state index contributed by atoms with van der Waals surface area (Å²) in [7, 11) is -2.42. The Balaban J connectivity index is 1.94. The van der Waals surface area contributed by atoms with Crippen LogP contribution >= 0.6 is 11.6 Å². The first-order valence-electron chi connectivity index (χ1n) is 8.07. The molecule has 2 rings (SSSR count). The largest absolute Gasteiger partial charge is 0.339 e. The molecule has 0 saturated heterocycles. The van der Waals surface area contributed by atoms with E-state index in [0.29, 0.717) is 11.1 Å². The van der Waals surface area contributed by atoms with Gasteiger partial charge in [0.1, 0.15) is 0 Å². The van der Waals surface area contributed by atoms with Crippen molar-refractivity contribution in [1.29, 1.82) is 0 Å². The zero-order chi connectivity index (χ0) is 20.2. The van der Waals surface area contributed by atoms with Crippen molar-refractivity contribution in [3.8, 4) is 0 Å². The fourth-order valence-electron chi connectivity index (χ4n) is 2.38. The minimum atomic E-state index is -4.04. The molecule has 0 aliphatic heterocycles. The molecule has 0 unspecified atom stereocenters. The molecule has 5 nitrogen and oxygen atoms in total. The van der Waals surface area contributed by atoms with Crippen LogP contribution in [0.4, 0.5) is 8.78 Å². The van der Waals surface area contributed by atoms with Gasteiger partial charge in [0, 0.05) is 25.0 Å². The summed E-state index contributed by atoms with van der Waals surface area (Å²) < 4.78 is 52.5. The molecule has 146 valence electrons. The SMILES string of the molecule is C[C@@H](c1ccc(Cl)cc1)N(C)C(=O)CCNS(=O)(=O)c1ccc(F)c(F)c1. The van der Waals surface area contributed by atoms with Crippen LogP contribution in [0, 0.1) is 11.6 Å². The van der Waals surface area contributed by atoms with E-state index in [1.165, 1.54) is 4.90 Å². The Hall–Kier alpha value is -2.03. The number of hydrogen-bond donors (Lipinski definition) is 1. The highest BCUT2D eigenvalue weighted by Gasteiger charge is 2.20. The van der Waals surface area contributed by atoms with Gasteiger partial charge >= 0.3 is 0 Å². The molecule has 1 N–H and O–H groups in total. The van der Waals surface area contributed by atoms with Gasteiger partial charge < -0.3 is 4.90 Å². The van der Waals surface area contributed by atoms with Gasteiger partial charge in [0.2, 0.25) is 15.9 Å². The van der Waals surface area contributed by atoms with Gasteiger partial charge in [0.15, 0.2) is 11.6 Å². The minimum Gasteiger partial charge on any atom is -0.339 e. The van der Waals surface area contributed by atoms with Crippen LogP contribution in [0.5, 0.6) is 0 Å². The lowest BCUT2D eigenvalue weighted by Gasteiger charge is -2.25. The Labute approximate surface area is 162 Å². The highest BCUT2D eigenvalue weighted by molar-refractivity contribution is 7.89. The van der Waals surface area contributed by atoms with E-state index in [2.05, 4.69) is 4.72 Å². The van der Waals surface area contributed by atoms with E-state index in [1.54, 1.807) is 19.2 Å². The molecule has 0 heterocycles. The van der Waals surface area contributed by atoms with E-state index in [1.807, 2.05) is 19.1 Å². The van der Waals surface area contributed by atoms with Crippen LogP contribution in [0.25, 0.3) is 0 Å². The predicted molar refractivity (Wildman–Crippen MR) is 98.8 cm³/mol. The standard InChI is InChI=1S/C18H19ClF2N2O3S/c1-12(13-3-5-14(19)6-4-13)23(2)18(24)9-10-22-27(25,26)15-7-8-16(20)17(21)11-15/h3-8,11-12,22H,9-10H2,1-2H3/t12-/m0/s1. The molecule has 0 radical (unpaired) electrons. The van der Waals surface area contributed by atoms with Crippen LogP contribution in [0.3, 0.4) is 0 Å². The maximum absolute atomic E-state index is 13.2. The summed E-state index contributed by atoms with van der Waals surface area (Å²) in [6, 6.07) is 9.12. The predicted octanol–water partition coefficient (Wildman–Crippen LogP) is 3.51. The average molecular weight is 417 g/mol. The van der Waals surface area contributed by atoms with Crippen molar-refractivity contribution >= 4 is 27.5 Å². The average Bonchev–Trinajstić information content (AvgIpc) is 2.63. The molecule has 9 heteroatoms. The Morgan fingerprint density at radius 3 is 2.37 bits per heavy atom. The molecule has 0 saturated carbocycles. The highest BCUT2D eigenvalue weighted by Crippen LogP contribution is 2.21. The first-order chi connectivity index (χ1) is 12.6. The van der Waals surface area contributed by atoms with Crippen molar-refractivity contribution in [2.24, 2.45) is 0 Å². The monoisotopic (exact) mass is 416 g/mol. The zero-order valence-corrected chi connectivity index (χ0v) is 16.3. The third kappa shape index (κ3) is 5.47. The maximum atomic E-state index is 13.2. The van der Waals surface area contributed by atoms with Crippen LogP contribution in [0.1, 0.15) is 24.9 Å².